The normalized spacial score (nSPS) is 10.4. The minimum Gasteiger partial charge on any atom is -0.492 e. The fourth-order valence-corrected chi connectivity index (χ4v) is 1.95. The van der Waals surface area contributed by atoms with Gasteiger partial charge in [-0.2, -0.15) is 0 Å². The zero-order valence-electron chi connectivity index (χ0n) is 11.0. The Kier molecular flexibility index (Phi) is 5.25. The highest BCUT2D eigenvalue weighted by Gasteiger charge is 2.00. The van der Waals surface area contributed by atoms with Crippen molar-refractivity contribution in [2.75, 3.05) is 13.2 Å². The van der Waals surface area contributed by atoms with E-state index in [1.54, 1.807) is 0 Å². The summed E-state index contributed by atoms with van der Waals surface area (Å²) < 4.78 is 5.71. The molecule has 100 valence electrons. The molecule has 0 aliphatic rings. The number of halogens is 1. The topological polar surface area (TPSA) is 21.3 Å². The van der Waals surface area contributed by atoms with Gasteiger partial charge in [-0.1, -0.05) is 48.0 Å². The Morgan fingerprint density at radius 1 is 1.11 bits per heavy atom. The van der Waals surface area contributed by atoms with E-state index in [0.29, 0.717) is 11.6 Å². The van der Waals surface area contributed by atoms with Crippen LogP contribution in [-0.2, 0) is 6.54 Å². The number of nitrogens with one attached hydrogen (secondary N) is 1. The van der Waals surface area contributed by atoms with Crippen LogP contribution in [0.2, 0.25) is 5.02 Å². The van der Waals surface area contributed by atoms with Gasteiger partial charge >= 0.3 is 0 Å². The lowest BCUT2D eigenvalue weighted by Crippen LogP contribution is -2.20. The minimum absolute atomic E-state index is 0.633. The predicted molar refractivity (Wildman–Crippen MR) is 79.8 cm³/mol. The Morgan fingerprint density at radius 3 is 2.68 bits per heavy atom. The molecule has 0 saturated carbocycles. The van der Waals surface area contributed by atoms with Crippen molar-refractivity contribution < 1.29 is 4.74 Å². The number of rotatable bonds is 6. The summed E-state index contributed by atoms with van der Waals surface area (Å²) in [4.78, 5) is 0. The van der Waals surface area contributed by atoms with E-state index < -0.39 is 0 Å². The molecule has 2 aromatic carbocycles. The molecule has 2 rings (SSSR count). The second-order valence-electron chi connectivity index (χ2n) is 4.42. The van der Waals surface area contributed by atoms with Crippen LogP contribution in [0.25, 0.3) is 0 Å². The van der Waals surface area contributed by atoms with Gasteiger partial charge in [-0.05, 0) is 30.2 Å². The van der Waals surface area contributed by atoms with Gasteiger partial charge in [-0.3, -0.25) is 0 Å². The molecule has 0 aromatic heterocycles. The molecule has 0 unspecified atom stereocenters. The third kappa shape index (κ3) is 4.58. The van der Waals surface area contributed by atoms with Crippen molar-refractivity contribution in [2.45, 2.75) is 13.5 Å². The highest BCUT2D eigenvalue weighted by Crippen LogP contribution is 2.22. The van der Waals surface area contributed by atoms with Gasteiger partial charge in [-0.15, -0.1) is 0 Å². The van der Waals surface area contributed by atoms with Gasteiger partial charge < -0.3 is 10.1 Å². The van der Waals surface area contributed by atoms with Gasteiger partial charge in [-0.25, -0.2) is 0 Å². The maximum absolute atomic E-state index is 5.94. The Hall–Kier alpha value is -1.51. The second kappa shape index (κ2) is 7.17. The number of hydrogen-bond donors (Lipinski definition) is 1. The molecule has 2 nitrogen and oxygen atoms in total. The van der Waals surface area contributed by atoms with Crippen LogP contribution in [0.3, 0.4) is 0 Å². The average Bonchev–Trinajstić information content (AvgIpc) is 2.43. The molecule has 0 aliphatic heterocycles. The Morgan fingerprint density at radius 2 is 1.89 bits per heavy atom. The first-order valence-corrected chi connectivity index (χ1v) is 6.77. The Balaban J connectivity index is 1.71. The third-order valence-electron chi connectivity index (χ3n) is 2.86. The first-order chi connectivity index (χ1) is 9.25. The molecule has 0 heterocycles. The summed E-state index contributed by atoms with van der Waals surface area (Å²) in [5, 5.41) is 4.05. The summed E-state index contributed by atoms with van der Waals surface area (Å²) in [6, 6.07) is 16.0. The lowest BCUT2D eigenvalue weighted by Gasteiger charge is -2.10. The summed E-state index contributed by atoms with van der Waals surface area (Å²) in [6.45, 7) is 4.32. The first kappa shape index (κ1) is 13.9. The molecule has 0 aliphatic carbocycles. The standard InChI is InChI=1S/C16H18ClNO/c1-13-7-8-15(17)11-16(13)19-10-9-18-12-14-5-3-2-4-6-14/h2-8,11,18H,9-10,12H2,1H3. The maximum Gasteiger partial charge on any atom is 0.123 e. The fraction of sp³-hybridized carbons (Fsp3) is 0.250. The summed E-state index contributed by atoms with van der Waals surface area (Å²) in [5.74, 6) is 0.856. The second-order valence-corrected chi connectivity index (χ2v) is 4.86. The summed E-state index contributed by atoms with van der Waals surface area (Å²) >= 11 is 5.94. The van der Waals surface area contributed by atoms with Crippen LogP contribution in [0.1, 0.15) is 11.1 Å². The van der Waals surface area contributed by atoms with Crippen LogP contribution in [0.5, 0.6) is 5.75 Å². The van der Waals surface area contributed by atoms with Crippen LogP contribution in [-0.4, -0.2) is 13.2 Å². The molecule has 2 aromatic rings. The molecule has 0 bridgehead atoms. The highest BCUT2D eigenvalue weighted by molar-refractivity contribution is 6.30. The molecular formula is C16H18ClNO. The van der Waals surface area contributed by atoms with E-state index in [0.717, 1.165) is 24.4 Å². The molecule has 3 heteroatoms. The van der Waals surface area contributed by atoms with E-state index in [4.69, 9.17) is 16.3 Å². The van der Waals surface area contributed by atoms with Gasteiger partial charge in [0.2, 0.25) is 0 Å². The van der Waals surface area contributed by atoms with E-state index in [9.17, 15) is 0 Å². The van der Waals surface area contributed by atoms with Crippen molar-refractivity contribution in [2.24, 2.45) is 0 Å². The molecule has 19 heavy (non-hydrogen) atoms. The number of benzene rings is 2. The van der Waals surface area contributed by atoms with Gasteiger partial charge in [0, 0.05) is 18.1 Å². The van der Waals surface area contributed by atoms with Crippen molar-refractivity contribution in [3.63, 3.8) is 0 Å². The van der Waals surface area contributed by atoms with Gasteiger partial charge in [0.1, 0.15) is 12.4 Å². The molecule has 0 radical (unpaired) electrons. The number of aryl methyl sites for hydroxylation is 1. The zero-order valence-corrected chi connectivity index (χ0v) is 11.8. The van der Waals surface area contributed by atoms with E-state index >= 15 is 0 Å². The molecule has 0 spiro atoms. The third-order valence-corrected chi connectivity index (χ3v) is 3.09. The van der Waals surface area contributed by atoms with E-state index in [1.807, 2.05) is 43.3 Å². The Bertz CT molecular complexity index is 513. The molecule has 0 saturated heterocycles. The first-order valence-electron chi connectivity index (χ1n) is 6.39. The maximum atomic E-state index is 5.94. The van der Waals surface area contributed by atoms with E-state index in [2.05, 4.69) is 17.4 Å². The summed E-state index contributed by atoms with van der Waals surface area (Å²) in [7, 11) is 0. The molecular weight excluding hydrogens is 258 g/mol. The van der Waals surface area contributed by atoms with Crippen molar-refractivity contribution >= 4 is 11.6 Å². The van der Waals surface area contributed by atoms with Crippen molar-refractivity contribution in [1.82, 2.24) is 5.32 Å². The summed E-state index contributed by atoms with van der Waals surface area (Å²) in [6.07, 6.45) is 0. The molecule has 0 amide bonds. The quantitative estimate of drug-likeness (QED) is 0.810. The van der Waals surface area contributed by atoms with Crippen molar-refractivity contribution in [3.05, 3.63) is 64.7 Å². The van der Waals surface area contributed by atoms with Gasteiger partial charge in [0.25, 0.3) is 0 Å². The lowest BCUT2D eigenvalue weighted by molar-refractivity contribution is 0.311. The van der Waals surface area contributed by atoms with Gasteiger partial charge in [0.05, 0.1) is 0 Å². The van der Waals surface area contributed by atoms with Crippen molar-refractivity contribution in [1.29, 1.82) is 0 Å². The van der Waals surface area contributed by atoms with Gasteiger partial charge in [0.15, 0.2) is 0 Å². The van der Waals surface area contributed by atoms with Crippen LogP contribution in [0.4, 0.5) is 0 Å². The smallest absolute Gasteiger partial charge is 0.123 e. The summed E-state index contributed by atoms with van der Waals surface area (Å²) in [5.41, 5.74) is 2.38. The van der Waals surface area contributed by atoms with Crippen LogP contribution < -0.4 is 10.1 Å². The lowest BCUT2D eigenvalue weighted by atomic mass is 10.2. The minimum atomic E-state index is 0.633. The van der Waals surface area contributed by atoms with Crippen LogP contribution in [0.15, 0.2) is 48.5 Å². The zero-order chi connectivity index (χ0) is 13.5. The average molecular weight is 276 g/mol. The Labute approximate surface area is 119 Å². The number of ether oxygens (including phenoxy) is 1. The van der Waals surface area contributed by atoms with Crippen molar-refractivity contribution in [3.8, 4) is 5.75 Å². The van der Waals surface area contributed by atoms with E-state index in [1.165, 1.54) is 5.56 Å². The monoisotopic (exact) mass is 275 g/mol. The number of hydrogen-bond acceptors (Lipinski definition) is 2. The SMILES string of the molecule is Cc1ccc(Cl)cc1OCCNCc1ccccc1. The molecule has 0 atom stereocenters. The predicted octanol–water partition coefficient (Wildman–Crippen LogP) is 3.82. The largest absolute Gasteiger partial charge is 0.492 e. The molecule has 1 N–H and O–H groups in total. The van der Waals surface area contributed by atoms with Crippen LogP contribution in [0, 0.1) is 6.92 Å². The van der Waals surface area contributed by atoms with Crippen LogP contribution >= 0.6 is 11.6 Å². The molecule has 0 fully saturated rings. The van der Waals surface area contributed by atoms with E-state index in [-0.39, 0.29) is 0 Å². The fourth-order valence-electron chi connectivity index (χ4n) is 1.79. The highest BCUT2D eigenvalue weighted by atomic mass is 35.5.